The Labute approximate surface area is 216 Å². The number of benzene rings is 3. The lowest BCUT2D eigenvalue weighted by Crippen LogP contribution is -2.56. The first-order valence-corrected chi connectivity index (χ1v) is 12.8. The van der Waals surface area contributed by atoms with E-state index in [1.807, 2.05) is 35.2 Å². The average Bonchev–Trinajstić information content (AvgIpc) is 3.66. The number of halogens is 2. The van der Waals surface area contributed by atoms with Crippen molar-refractivity contribution < 1.29 is 9.59 Å². The highest BCUT2D eigenvalue weighted by Crippen LogP contribution is 2.51. The maximum atomic E-state index is 13.7. The van der Waals surface area contributed by atoms with Crippen molar-refractivity contribution >= 4 is 45.8 Å². The summed E-state index contributed by atoms with van der Waals surface area (Å²) in [4.78, 5) is 31.5. The van der Waals surface area contributed by atoms with Crippen LogP contribution in [0.5, 0.6) is 0 Å². The SMILES string of the molecule is CN1CCN(C(=O)C(Cc2cccc3ccccc23)NC(=O)C2(c3ccc(Cl)cc3Cl)CC2)CC1. The van der Waals surface area contributed by atoms with E-state index in [2.05, 4.69) is 35.5 Å². The molecule has 0 spiro atoms. The number of carbonyl (C=O) groups is 2. The van der Waals surface area contributed by atoms with Gasteiger partial charge in [-0.3, -0.25) is 9.59 Å². The highest BCUT2D eigenvalue weighted by atomic mass is 35.5. The van der Waals surface area contributed by atoms with Crippen LogP contribution < -0.4 is 5.32 Å². The number of amides is 2. The Balaban J connectivity index is 1.44. The van der Waals surface area contributed by atoms with E-state index in [4.69, 9.17) is 23.2 Å². The van der Waals surface area contributed by atoms with Gasteiger partial charge in [-0.05, 0) is 53.9 Å². The number of nitrogens with zero attached hydrogens (tertiary/aromatic N) is 2. The molecule has 1 saturated carbocycles. The molecule has 35 heavy (non-hydrogen) atoms. The Hall–Kier alpha value is -2.60. The molecule has 1 aliphatic carbocycles. The molecule has 5 nitrogen and oxygen atoms in total. The van der Waals surface area contributed by atoms with Gasteiger partial charge in [0, 0.05) is 42.6 Å². The van der Waals surface area contributed by atoms with Crippen molar-refractivity contribution in [2.24, 2.45) is 0 Å². The summed E-state index contributed by atoms with van der Waals surface area (Å²) in [6.45, 7) is 2.97. The van der Waals surface area contributed by atoms with Gasteiger partial charge in [0.15, 0.2) is 0 Å². The van der Waals surface area contributed by atoms with Crippen LogP contribution in [-0.2, 0) is 21.4 Å². The zero-order valence-corrected chi connectivity index (χ0v) is 21.3. The van der Waals surface area contributed by atoms with E-state index in [-0.39, 0.29) is 11.8 Å². The number of hydrogen-bond donors (Lipinski definition) is 1. The molecule has 0 bridgehead atoms. The molecule has 2 aliphatic rings. The molecule has 0 aromatic heterocycles. The van der Waals surface area contributed by atoms with E-state index < -0.39 is 11.5 Å². The van der Waals surface area contributed by atoms with Crippen molar-refractivity contribution in [3.8, 4) is 0 Å². The quantitative estimate of drug-likeness (QED) is 0.524. The normalized spacial score (nSPS) is 18.3. The number of hydrogen-bond acceptors (Lipinski definition) is 3. The molecule has 1 atom stereocenters. The minimum Gasteiger partial charge on any atom is -0.343 e. The number of nitrogens with one attached hydrogen (secondary N) is 1. The standard InChI is InChI=1S/C28H29Cl2N3O2/c1-32-13-15-33(16-14-32)26(34)25(17-20-7-4-6-19-5-2-3-8-22(19)20)31-27(35)28(11-12-28)23-10-9-21(29)18-24(23)30/h2-10,18,25H,11-17H2,1H3,(H,31,35). The van der Waals surface area contributed by atoms with E-state index >= 15 is 0 Å². The number of likely N-dealkylation sites (N-methyl/N-ethyl adjacent to an activating group) is 1. The van der Waals surface area contributed by atoms with Gasteiger partial charge >= 0.3 is 0 Å². The van der Waals surface area contributed by atoms with Gasteiger partial charge < -0.3 is 15.1 Å². The van der Waals surface area contributed by atoms with E-state index in [9.17, 15) is 9.59 Å². The maximum absolute atomic E-state index is 13.7. The van der Waals surface area contributed by atoms with Crippen molar-refractivity contribution in [3.05, 3.63) is 81.8 Å². The molecule has 5 rings (SSSR count). The maximum Gasteiger partial charge on any atom is 0.245 e. The zero-order chi connectivity index (χ0) is 24.6. The lowest BCUT2D eigenvalue weighted by Gasteiger charge is -2.35. The molecule has 0 radical (unpaired) electrons. The Morgan fingerprint density at radius 3 is 2.40 bits per heavy atom. The van der Waals surface area contributed by atoms with Crippen molar-refractivity contribution in [1.29, 1.82) is 0 Å². The fourth-order valence-corrected chi connectivity index (χ4v) is 5.64. The highest BCUT2D eigenvalue weighted by molar-refractivity contribution is 6.35. The van der Waals surface area contributed by atoms with E-state index in [0.717, 1.165) is 35.0 Å². The predicted octanol–water partition coefficient (Wildman–Crippen LogP) is 4.68. The van der Waals surface area contributed by atoms with Gasteiger partial charge in [0.05, 0.1) is 5.41 Å². The molecule has 3 aromatic rings. The molecule has 3 aromatic carbocycles. The first-order valence-electron chi connectivity index (χ1n) is 12.1. The third kappa shape index (κ3) is 4.90. The van der Waals surface area contributed by atoms with Crippen molar-refractivity contribution in [2.75, 3.05) is 33.2 Å². The number of carbonyl (C=O) groups excluding carboxylic acids is 2. The Kier molecular flexibility index (Phi) is 6.75. The van der Waals surface area contributed by atoms with Crippen LogP contribution in [0.4, 0.5) is 0 Å². The van der Waals surface area contributed by atoms with Crippen molar-refractivity contribution in [1.82, 2.24) is 15.1 Å². The van der Waals surface area contributed by atoms with Gasteiger partial charge in [0.1, 0.15) is 6.04 Å². The smallest absolute Gasteiger partial charge is 0.245 e. The number of rotatable bonds is 6. The second-order valence-electron chi connectivity index (χ2n) is 9.70. The second-order valence-corrected chi connectivity index (χ2v) is 10.5. The highest BCUT2D eigenvalue weighted by Gasteiger charge is 2.53. The molecule has 1 heterocycles. The minimum atomic E-state index is -0.707. The van der Waals surface area contributed by atoms with Gasteiger partial charge in [-0.25, -0.2) is 0 Å². The van der Waals surface area contributed by atoms with Gasteiger partial charge in [0.25, 0.3) is 0 Å². The number of fused-ring (bicyclic) bond motifs is 1. The molecule has 1 unspecified atom stereocenters. The topological polar surface area (TPSA) is 52.6 Å². The monoisotopic (exact) mass is 509 g/mol. The van der Waals surface area contributed by atoms with Crippen molar-refractivity contribution in [2.45, 2.75) is 30.7 Å². The van der Waals surface area contributed by atoms with Gasteiger partial charge in [0.2, 0.25) is 11.8 Å². The molecule has 1 aliphatic heterocycles. The molecule has 7 heteroatoms. The van der Waals surface area contributed by atoms with E-state index in [0.29, 0.717) is 42.4 Å². The summed E-state index contributed by atoms with van der Waals surface area (Å²) < 4.78 is 0. The summed E-state index contributed by atoms with van der Waals surface area (Å²) in [5, 5.41) is 6.39. The summed E-state index contributed by atoms with van der Waals surface area (Å²) >= 11 is 12.6. The molecule has 1 saturated heterocycles. The molecule has 1 N–H and O–H groups in total. The fourth-order valence-electron chi connectivity index (χ4n) is 5.06. The second kappa shape index (κ2) is 9.81. The Morgan fingerprint density at radius 1 is 0.971 bits per heavy atom. The van der Waals surface area contributed by atoms with Crippen LogP contribution in [0, 0.1) is 0 Å². The first kappa shape index (κ1) is 24.1. The lowest BCUT2D eigenvalue weighted by atomic mass is 9.93. The third-order valence-electron chi connectivity index (χ3n) is 7.35. The lowest BCUT2D eigenvalue weighted by molar-refractivity contribution is -0.138. The first-order chi connectivity index (χ1) is 16.9. The van der Waals surface area contributed by atoms with Crippen LogP contribution in [-0.4, -0.2) is 60.9 Å². The van der Waals surface area contributed by atoms with Crippen molar-refractivity contribution in [3.63, 3.8) is 0 Å². The summed E-state index contributed by atoms with van der Waals surface area (Å²) in [7, 11) is 2.06. The van der Waals surface area contributed by atoms with Gasteiger partial charge in [-0.2, -0.15) is 0 Å². The molecule has 182 valence electrons. The van der Waals surface area contributed by atoms with Crippen LogP contribution in [0.3, 0.4) is 0 Å². The van der Waals surface area contributed by atoms with Gasteiger partial charge in [-0.15, -0.1) is 0 Å². The van der Waals surface area contributed by atoms with E-state index in [1.165, 1.54) is 0 Å². The summed E-state index contributed by atoms with van der Waals surface area (Å²) in [6, 6.07) is 18.9. The largest absolute Gasteiger partial charge is 0.343 e. The van der Waals surface area contributed by atoms with E-state index in [1.54, 1.807) is 12.1 Å². The minimum absolute atomic E-state index is 0.0302. The Bertz CT molecular complexity index is 1260. The third-order valence-corrected chi connectivity index (χ3v) is 7.90. The van der Waals surface area contributed by atoms with Crippen LogP contribution in [0.2, 0.25) is 10.0 Å². The zero-order valence-electron chi connectivity index (χ0n) is 19.8. The average molecular weight is 510 g/mol. The predicted molar refractivity (Wildman–Crippen MR) is 141 cm³/mol. The van der Waals surface area contributed by atoms with Gasteiger partial charge in [-0.1, -0.05) is 71.7 Å². The molecular formula is C28H29Cl2N3O2. The summed E-state index contributed by atoms with van der Waals surface area (Å²) in [6.07, 6.45) is 1.83. The number of piperazine rings is 1. The Morgan fingerprint density at radius 2 is 1.69 bits per heavy atom. The summed E-state index contributed by atoms with van der Waals surface area (Å²) in [5.41, 5.74) is 1.11. The van der Waals surface area contributed by atoms with Crippen LogP contribution in [0.1, 0.15) is 24.0 Å². The molecular weight excluding hydrogens is 481 g/mol. The fraction of sp³-hybridized carbons (Fsp3) is 0.357. The van der Waals surface area contributed by atoms with Crippen LogP contribution in [0.25, 0.3) is 10.8 Å². The van der Waals surface area contributed by atoms with Crippen LogP contribution in [0.15, 0.2) is 60.7 Å². The molecule has 2 amide bonds. The summed E-state index contributed by atoms with van der Waals surface area (Å²) in [5.74, 6) is -0.174. The molecule has 2 fully saturated rings. The van der Waals surface area contributed by atoms with Crippen LogP contribution >= 0.6 is 23.2 Å².